The molecule has 0 radical (unpaired) electrons. The smallest absolute Gasteiger partial charge is 0.302 e. The van der Waals surface area contributed by atoms with Gasteiger partial charge in [0.05, 0.1) is 30.8 Å². The number of carbonyl (C=O) groups is 2. The Labute approximate surface area is 276 Å². The molecule has 2 aromatic carbocycles. The highest BCUT2D eigenvalue weighted by atomic mass is 16.6. The number of benzene rings is 2. The van der Waals surface area contributed by atoms with Gasteiger partial charge in [0.25, 0.3) is 0 Å². The first kappa shape index (κ1) is 35.4. The lowest BCUT2D eigenvalue weighted by Crippen LogP contribution is -2.58. The number of carbonyl (C=O) groups excluding carboxylic acids is 2. The average molecular weight is 667 g/mol. The number of rotatable bonds is 6. The van der Waals surface area contributed by atoms with E-state index in [9.17, 15) is 45.3 Å². The zero-order chi connectivity index (χ0) is 34.7. The highest BCUT2D eigenvalue weighted by molar-refractivity contribution is 5.83. The van der Waals surface area contributed by atoms with E-state index >= 15 is 0 Å². The van der Waals surface area contributed by atoms with Crippen LogP contribution in [0.1, 0.15) is 42.5 Å². The maximum Gasteiger partial charge on any atom is 0.302 e. The number of esters is 2. The molecule has 0 saturated carbocycles. The van der Waals surface area contributed by atoms with Crippen molar-refractivity contribution in [1.29, 1.82) is 0 Å². The van der Waals surface area contributed by atoms with Crippen molar-refractivity contribution in [2.45, 2.75) is 80.6 Å². The van der Waals surface area contributed by atoms with Gasteiger partial charge in [-0.2, -0.15) is 0 Å². The minimum atomic E-state index is -1.59. The Morgan fingerprint density at radius 3 is 1.75 bits per heavy atom. The van der Waals surface area contributed by atoms with Gasteiger partial charge in [0.1, 0.15) is 55.9 Å². The van der Waals surface area contributed by atoms with Gasteiger partial charge < -0.3 is 54.7 Å². The maximum absolute atomic E-state index is 12.1. The lowest BCUT2D eigenvalue weighted by molar-refractivity contribution is -0.214. The zero-order valence-corrected chi connectivity index (χ0v) is 26.3. The summed E-state index contributed by atoms with van der Waals surface area (Å²) in [6, 6.07) is 10.5. The quantitative estimate of drug-likeness (QED) is 0.138. The molecular formula is C35H38O13. The van der Waals surface area contributed by atoms with Crippen molar-refractivity contribution in [1.82, 2.24) is 0 Å². The van der Waals surface area contributed by atoms with Gasteiger partial charge in [0.15, 0.2) is 0 Å². The van der Waals surface area contributed by atoms with Crippen LogP contribution in [0.5, 0.6) is 0 Å². The van der Waals surface area contributed by atoms with Gasteiger partial charge in [-0.05, 0) is 46.5 Å². The number of hydrogen-bond donors (Lipinski definition) is 7. The molecule has 2 aromatic rings. The molecule has 5 rings (SSSR count). The van der Waals surface area contributed by atoms with Crippen LogP contribution in [0, 0.1) is 23.7 Å². The Bertz CT molecular complexity index is 1630. The van der Waals surface area contributed by atoms with E-state index in [1.807, 2.05) is 6.07 Å². The fourth-order valence-corrected chi connectivity index (χ4v) is 6.17. The molecule has 2 aliphatic heterocycles. The summed E-state index contributed by atoms with van der Waals surface area (Å²) in [5, 5.41) is 70.3. The monoisotopic (exact) mass is 666 g/mol. The zero-order valence-electron chi connectivity index (χ0n) is 26.3. The molecule has 13 nitrogen and oxygen atoms in total. The first-order valence-corrected chi connectivity index (χ1v) is 15.4. The second-order valence-corrected chi connectivity index (χ2v) is 12.1. The van der Waals surface area contributed by atoms with Crippen LogP contribution in [0.2, 0.25) is 0 Å². The second-order valence-electron chi connectivity index (χ2n) is 12.1. The Kier molecular flexibility index (Phi) is 10.9. The summed E-state index contributed by atoms with van der Waals surface area (Å²) in [4.78, 5) is 24.2. The Hall–Kier alpha value is -3.86. The minimum Gasteiger partial charge on any atom is -0.464 e. The molecule has 9 atom stereocenters. The molecule has 2 heterocycles. The number of fused-ring (bicyclic) bond motifs is 3. The molecule has 0 bridgehead atoms. The number of aliphatic hydroxyl groups excluding tert-OH is 7. The predicted octanol–water partition coefficient (Wildman–Crippen LogP) is -1.50. The lowest BCUT2D eigenvalue weighted by atomic mass is 9.78. The Balaban J connectivity index is 1.56. The molecule has 0 unspecified atom stereocenters. The third-order valence-corrected chi connectivity index (χ3v) is 8.77. The average Bonchev–Trinajstić information content (AvgIpc) is 3.33. The van der Waals surface area contributed by atoms with Crippen LogP contribution in [0.15, 0.2) is 36.4 Å². The SMILES string of the molecule is CC(=O)OCC1(COC(C)=O)c2cc(C#C[C@H]3O[C@H](CO)[C@@H](O)[C@H](O)[C@@H]3O)ccc2-c2ccc(C#C[C@H]3O[C@H](CO)C[C@H](O)[C@@H]3O)cc21. The molecule has 0 aromatic heterocycles. The van der Waals surface area contributed by atoms with E-state index in [1.54, 1.807) is 30.3 Å². The fraction of sp³-hybridized carbons (Fsp3) is 0.486. The molecular weight excluding hydrogens is 628 g/mol. The molecule has 2 fully saturated rings. The summed E-state index contributed by atoms with van der Waals surface area (Å²) < 4.78 is 22.2. The third kappa shape index (κ3) is 7.11. The van der Waals surface area contributed by atoms with E-state index in [0.29, 0.717) is 22.3 Å². The number of aliphatic hydroxyl groups is 7. The normalized spacial score (nSPS) is 30.1. The van der Waals surface area contributed by atoms with Crippen LogP contribution < -0.4 is 0 Å². The summed E-state index contributed by atoms with van der Waals surface area (Å²) in [6.07, 6.45) is -11.1. The summed E-state index contributed by atoms with van der Waals surface area (Å²) in [7, 11) is 0. The van der Waals surface area contributed by atoms with Gasteiger partial charge >= 0.3 is 11.9 Å². The van der Waals surface area contributed by atoms with Crippen molar-refractivity contribution in [3.8, 4) is 34.8 Å². The van der Waals surface area contributed by atoms with Crippen molar-refractivity contribution in [3.05, 3.63) is 58.7 Å². The maximum atomic E-state index is 12.1. The van der Waals surface area contributed by atoms with Crippen molar-refractivity contribution in [3.63, 3.8) is 0 Å². The number of ether oxygens (including phenoxy) is 4. The molecule has 0 amide bonds. The predicted molar refractivity (Wildman–Crippen MR) is 166 cm³/mol. The van der Waals surface area contributed by atoms with Gasteiger partial charge in [-0.15, -0.1) is 0 Å². The lowest BCUT2D eigenvalue weighted by Gasteiger charge is -2.37. The highest BCUT2D eigenvalue weighted by Gasteiger charge is 2.46. The summed E-state index contributed by atoms with van der Waals surface area (Å²) >= 11 is 0. The molecule has 13 heteroatoms. The van der Waals surface area contributed by atoms with Crippen molar-refractivity contribution < 1.29 is 64.3 Å². The van der Waals surface area contributed by atoms with E-state index in [2.05, 4.69) is 23.7 Å². The van der Waals surface area contributed by atoms with Gasteiger partial charge in [0, 0.05) is 31.4 Å². The van der Waals surface area contributed by atoms with E-state index in [1.165, 1.54) is 13.8 Å². The van der Waals surface area contributed by atoms with Crippen molar-refractivity contribution in [2.75, 3.05) is 26.4 Å². The van der Waals surface area contributed by atoms with Crippen LogP contribution in [0.3, 0.4) is 0 Å². The van der Waals surface area contributed by atoms with Gasteiger partial charge in [0.2, 0.25) is 0 Å². The van der Waals surface area contributed by atoms with Crippen LogP contribution in [0.25, 0.3) is 11.1 Å². The first-order chi connectivity index (χ1) is 22.9. The highest BCUT2D eigenvalue weighted by Crippen LogP contribution is 2.50. The molecule has 2 saturated heterocycles. The molecule has 7 N–H and O–H groups in total. The molecule has 0 spiro atoms. The van der Waals surface area contributed by atoms with Gasteiger partial charge in [-0.3, -0.25) is 9.59 Å². The van der Waals surface area contributed by atoms with E-state index in [0.717, 1.165) is 11.1 Å². The van der Waals surface area contributed by atoms with Crippen LogP contribution in [0.4, 0.5) is 0 Å². The standard InChI is InChI=1S/C35H38O13/c1-18(38)45-16-35(17-46-19(2)39)25-11-20(5-9-28-31(41)27(40)13-22(14-36)47-28)3-7-23(25)24-8-4-21(12-26(24)35)6-10-29-32(42)34(44)33(43)30(15-37)48-29/h3-4,7-8,11-12,22,27-34,36-37,40-44H,13-17H2,1-2H3/t22-,27-,28+,29+,30+,31-,32+,33+,34+/m0/s1. The van der Waals surface area contributed by atoms with E-state index < -0.39 is 78.9 Å². The summed E-state index contributed by atoms with van der Waals surface area (Å²) in [6.45, 7) is 1.13. The summed E-state index contributed by atoms with van der Waals surface area (Å²) in [5.74, 6) is 10.3. The topological polar surface area (TPSA) is 213 Å². The largest absolute Gasteiger partial charge is 0.464 e. The fourth-order valence-electron chi connectivity index (χ4n) is 6.17. The Morgan fingerprint density at radius 1 is 0.750 bits per heavy atom. The number of hydrogen-bond acceptors (Lipinski definition) is 13. The van der Waals surface area contributed by atoms with E-state index in [-0.39, 0.29) is 26.2 Å². The Morgan fingerprint density at radius 2 is 1.27 bits per heavy atom. The molecule has 48 heavy (non-hydrogen) atoms. The van der Waals surface area contributed by atoms with E-state index in [4.69, 9.17) is 18.9 Å². The first-order valence-electron chi connectivity index (χ1n) is 15.4. The van der Waals surface area contributed by atoms with Crippen LogP contribution in [-0.2, 0) is 34.0 Å². The molecule has 1 aliphatic carbocycles. The van der Waals surface area contributed by atoms with Gasteiger partial charge in [-0.25, -0.2) is 0 Å². The van der Waals surface area contributed by atoms with Crippen molar-refractivity contribution >= 4 is 11.9 Å². The minimum absolute atomic E-state index is 0.0661. The molecule has 3 aliphatic rings. The van der Waals surface area contributed by atoms with Crippen LogP contribution in [-0.4, -0.2) is 129 Å². The van der Waals surface area contributed by atoms with Gasteiger partial charge in [-0.1, -0.05) is 35.8 Å². The van der Waals surface area contributed by atoms with Crippen LogP contribution >= 0.6 is 0 Å². The van der Waals surface area contributed by atoms with Crippen molar-refractivity contribution in [2.24, 2.45) is 0 Å². The molecule has 256 valence electrons. The summed E-state index contributed by atoms with van der Waals surface area (Å²) in [5.41, 5.74) is 2.44. The second kappa shape index (κ2) is 14.7. The third-order valence-electron chi connectivity index (χ3n) is 8.77.